The summed E-state index contributed by atoms with van der Waals surface area (Å²) < 4.78 is 6.24. The van der Waals surface area contributed by atoms with Crippen LogP contribution in [0, 0.1) is 20.8 Å². The summed E-state index contributed by atoms with van der Waals surface area (Å²) in [6.45, 7) is 10.6. The second-order valence-electron chi connectivity index (χ2n) is 7.49. The molecule has 3 rings (SSSR count). The number of hydrogen-bond donors (Lipinski definition) is 0. The number of rotatable bonds is 1. The highest BCUT2D eigenvalue weighted by molar-refractivity contribution is 6.02. The van der Waals surface area contributed by atoms with Crippen LogP contribution in [-0.2, 0) is 16.0 Å². The van der Waals surface area contributed by atoms with E-state index in [9.17, 15) is 9.59 Å². The third-order valence-electron chi connectivity index (χ3n) is 5.23. The number of carbonyl (C=O) groups is 2. The van der Waals surface area contributed by atoms with E-state index < -0.39 is 0 Å². The summed E-state index contributed by atoms with van der Waals surface area (Å²) in [6, 6.07) is 0. The lowest BCUT2D eigenvalue weighted by Gasteiger charge is -2.27. The summed E-state index contributed by atoms with van der Waals surface area (Å²) in [6.07, 6.45) is 1.92. The Labute approximate surface area is 132 Å². The van der Waals surface area contributed by atoms with Crippen molar-refractivity contribution in [3.8, 4) is 5.75 Å². The molecule has 118 valence electrons. The Bertz CT molecular complexity index is 667. The van der Waals surface area contributed by atoms with Gasteiger partial charge in [-0.05, 0) is 51.3 Å². The molecule has 0 atom stereocenters. The molecule has 0 spiro atoms. The van der Waals surface area contributed by atoms with Crippen LogP contribution in [0.2, 0.25) is 0 Å². The van der Waals surface area contributed by atoms with Gasteiger partial charge in [-0.1, -0.05) is 0 Å². The molecule has 3 heteroatoms. The Hall–Kier alpha value is -1.64. The zero-order valence-corrected chi connectivity index (χ0v) is 14.1. The van der Waals surface area contributed by atoms with Gasteiger partial charge in [0.15, 0.2) is 0 Å². The maximum Gasteiger partial charge on any atom is 0.140 e. The minimum Gasteiger partial charge on any atom is -0.487 e. The molecule has 1 aromatic rings. The first-order valence-electron chi connectivity index (χ1n) is 8.04. The van der Waals surface area contributed by atoms with E-state index in [0.717, 1.165) is 17.7 Å². The number of hydrogen-bond acceptors (Lipinski definition) is 3. The molecular formula is C19H24O3. The van der Waals surface area contributed by atoms with Gasteiger partial charge in [0.25, 0.3) is 0 Å². The summed E-state index contributed by atoms with van der Waals surface area (Å²) in [5.41, 5.74) is 5.88. The first kappa shape index (κ1) is 15.3. The topological polar surface area (TPSA) is 43.4 Å². The minimum absolute atomic E-state index is 0.0179. The fourth-order valence-corrected chi connectivity index (χ4v) is 3.96. The molecule has 1 fully saturated rings. The van der Waals surface area contributed by atoms with E-state index in [0.29, 0.717) is 12.8 Å². The van der Waals surface area contributed by atoms with Crippen molar-refractivity contribution in [2.75, 3.05) is 0 Å². The second-order valence-corrected chi connectivity index (χ2v) is 7.49. The number of benzene rings is 1. The number of ether oxygens (including phenoxy) is 1. The van der Waals surface area contributed by atoms with Crippen molar-refractivity contribution in [1.29, 1.82) is 0 Å². The third-order valence-corrected chi connectivity index (χ3v) is 5.23. The molecule has 0 amide bonds. The van der Waals surface area contributed by atoms with Crippen LogP contribution >= 0.6 is 0 Å². The number of Topliss-reactive ketones (excluding diaryl/α,β-unsaturated/α-hetero) is 2. The molecule has 2 aliphatic rings. The first-order chi connectivity index (χ1) is 10.2. The molecule has 0 radical (unpaired) electrons. The number of fused-ring (bicyclic) bond motifs is 1. The van der Waals surface area contributed by atoms with Crippen molar-refractivity contribution in [3.05, 3.63) is 27.8 Å². The van der Waals surface area contributed by atoms with Gasteiger partial charge < -0.3 is 4.74 Å². The standard InChI is InChI=1S/C19H24O3/c1-10-11(2)16-9-19(4,5)22-18(16)17(12(10)3)13-6-14(20)8-15(21)7-13/h13H,6-9H2,1-5H3. The van der Waals surface area contributed by atoms with Crippen LogP contribution in [0.25, 0.3) is 0 Å². The summed E-state index contributed by atoms with van der Waals surface area (Å²) in [7, 11) is 0. The highest BCUT2D eigenvalue weighted by Gasteiger charge is 2.38. The van der Waals surface area contributed by atoms with Crippen LogP contribution in [0.15, 0.2) is 0 Å². The van der Waals surface area contributed by atoms with Crippen molar-refractivity contribution in [2.45, 2.75) is 71.8 Å². The number of carbonyl (C=O) groups excluding carboxylic acids is 2. The molecule has 0 N–H and O–H groups in total. The predicted octanol–water partition coefficient (Wildman–Crippen LogP) is 3.73. The van der Waals surface area contributed by atoms with Crippen molar-refractivity contribution in [3.63, 3.8) is 0 Å². The van der Waals surface area contributed by atoms with Crippen LogP contribution in [0.1, 0.15) is 66.8 Å². The average molecular weight is 300 g/mol. The number of ketones is 2. The van der Waals surface area contributed by atoms with Gasteiger partial charge in [0.05, 0.1) is 6.42 Å². The largest absolute Gasteiger partial charge is 0.487 e. The predicted molar refractivity (Wildman–Crippen MR) is 85.7 cm³/mol. The van der Waals surface area contributed by atoms with Crippen LogP contribution < -0.4 is 4.74 Å². The fourth-order valence-electron chi connectivity index (χ4n) is 3.96. The SMILES string of the molecule is Cc1c(C)c2c(c(C3CC(=O)CC(=O)C3)c1C)OC(C)(C)C2. The van der Waals surface area contributed by atoms with E-state index in [1.807, 2.05) is 0 Å². The van der Waals surface area contributed by atoms with Gasteiger partial charge in [0.2, 0.25) is 0 Å². The van der Waals surface area contributed by atoms with Gasteiger partial charge in [-0.3, -0.25) is 9.59 Å². The Balaban J connectivity index is 2.16. The van der Waals surface area contributed by atoms with Gasteiger partial charge in [-0.25, -0.2) is 0 Å². The molecule has 0 saturated heterocycles. The van der Waals surface area contributed by atoms with Gasteiger partial charge >= 0.3 is 0 Å². The summed E-state index contributed by atoms with van der Waals surface area (Å²) in [4.78, 5) is 23.8. The molecule has 22 heavy (non-hydrogen) atoms. The van der Waals surface area contributed by atoms with Crippen LogP contribution in [-0.4, -0.2) is 17.2 Å². The normalized spacial score (nSPS) is 21.0. The molecule has 1 aromatic carbocycles. The molecule has 0 aromatic heterocycles. The van der Waals surface area contributed by atoms with Gasteiger partial charge in [0, 0.05) is 36.3 Å². The van der Waals surface area contributed by atoms with Crippen molar-refractivity contribution >= 4 is 11.6 Å². The quantitative estimate of drug-likeness (QED) is 0.742. The summed E-state index contributed by atoms with van der Waals surface area (Å²) in [5, 5.41) is 0. The van der Waals surface area contributed by atoms with E-state index in [1.54, 1.807) is 0 Å². The van der Waals surface area contributed by atoms with E-state index in [-0.39, 0.29) is 29.5 Å². The zero-order valence-electron chi connectivity index (χ0n) is 14.1. The van der Waals surface area contributed by atoms with Crippen molar-refractivity contribution in [1.82, 2.24) is 0 Å². The molecule has 1 saturated carbocycles. The van der Waals surface area contributed by atoms with Crippen LogP contribution in [0.4, 0.5) is 0 Å². The molecular weight excluding hydrogens is 276 g/mol. The fraction of sp³-hybridized carbons (Fsp3) is 0.579. The summed E-state index contributed by atoms with van der Waals surface area (Å²) >= 11 is 0. The zero-order chi connectivity index (χ0) is 16.2. The maximum atomic E-state index is 11.9. The molecule has 0 unspecified atom stereocenters. The Morgan fingerprint density at radius 2 is 1.55 bits per heavy atom. The van der Waals surface area contributed by atoms with E-state index in [4.69, 9.17) is 4.74 Å². The maximum absolute atomic E-state index is 11.9. The van der Waals surface area contributed by atoms with Gasteiger partial charge in [-0.15, -0.1) is 0 Å². The highest BCUT2D eigenvalue weighted by Crippen LogP contribution is 2.47. The third kappa shape index (κ3) is 2.37. The minimum atomic E-state index is -0.217. The first-order valence-corrected chi connectivity index (χ1v) is 8.04. The van der Waals surface area contributed by atoms with Crippen molar-refractivity contribution in [2.24, 2.45) is 0 Å². The molecule has 3 nitrogen and oxygen atoms in total. The Kier molecular flexibility index (Phi) is 3.42. The van der Waals surface area contributed by atoms with E-state index in [2.05, 4.69) is 34.6 Å². The Morgan fingerprint density at radius 3 is 2.14 bits per heavy atom. The summed E-state index contributed by atoms with van der Waals surface area (Å²) in [5.74, 6) is 1.04. The second kappa shape index (κ2) is 4.94. The molecule has 1 aliphatic heterocycles. The van der Waals surface area contributed by atoms with Crippen LogP contribution in [0.5, 0.6) is 5.75 Å². The van der Waals surface area contributed by atoms with E-state index >= 15 is 0 Å². The average Bonchev–Trinajstić information content (AvgIpc) is 2.71. The lowest BCUT2D eigenvalue weighted by molar-refractivity contribution is -0.130. The molecule has 0 bridgehead atoms. The van der Waals surface area contributed by atoms with Gasteiger partial charge in [-0.2, -0.15) is 0 Å². The molecule has 1 heterocycles. The lowest BCUT2D eigenvalue weighted by atomic mass is 9.78. The van der Waals surface area contributed by atoms with E-state index in [1.165, 1.54) is 22.3 Å². The molecule has 1 aliphatic carbocycles. The highest BCUT2D eigenvalue weighted by atomic mass is 16.5. The van der Waals surface area contributed by atoms with Gasteiger partial charge in [0.1, 0.15) is 22.9 Å². The lowest BCUT2D eigenvalue weighted by Crippen LogP contribution is -2.26. The monoisotopic (exact) mass is 300 g/mol. The van der Waals surface area contributed by atoms with Crippen molar-refractivity contribution < 1.29 is 14.3 Å². The Morgan fingerprint density at radius 1 is 0.955 bits per heavy atom. The smallest absolute Gasteiger partial charge is 0.140 e. The van der Waals surface area contributed by atoms with Crippen LogP contribution in [0.3, 0.4) is 0 Å².